The predicted octanol–water partition coefficient (Wildman–Crippen LogP) is 7.62. The third kappa shape index (κ3) is 4.74. The fourth-order valence-electron chi connectivity index (χ4n) is 3.58. The molecule has 164 valence electrons. The van der Waals surface area contributed by atoms with E-state index in [0.29, 0.717) is 10.8 Å². The summed E-state index contributed by atoms with van der Waals surface area (Å²) in [6, 6.07) is 24.4. The smallest absolute Gasteiger partial charge is 0.196 e. The van der Waals surface area contributed by atoms with E-state index in [9.17, 15) is 0 Å². The van der Waals surface area contributed by atoms with Gasteiger partial charge in [0.25, 0.3) is 0 Å². The highest BCUT2D eigenvalue weighted by atomic mass is 35.5. The summed E-state index contributed by atoms with van der Waals surface area (Å²) in [6.45, 7) is 4.21. The molecule has 0 bridgehead atoms. The van der Waals surface area contributed by atoms with Gasteiger partial charge in [-0.2, -0.15) is 0 Å². The van der Waals surface area contributed by atoms with Crippen molar-refractivity contribution in [2.24, 2.45) is 0 Å². The first-order valence-electron chi connectivity index (χ1n) is 10.5. The first-order chi connectivity index (χ1) is 16.1. The van der Waals surface area contributed by atoms with E-state index in [1.807, 2.05) is 42.5 Å². The van der Waals surface area contributed by atoms with Gasteiger partial charge in [-0.05, 0) is 43.2 Å². The van der Waals surface area contributed by atoms with Crippen molar-refractivity contribution in [3.05, 3.63) is 100 Å². The quantitative estimate of drug-likeness (QED) is 0.230. The molecule has 0 unspecified atom stereocenters. The molecule has 33 heavy (non-hydrogen) atoms. The van der Waals surface area contributed by atoms with Gasteiger partial charge >= 0.3 is 0 Å². The Balaban J connectivity index is 1.50. The van der Waals surface area contributed by atoms with Crippen LogP contribution in [0, 0.1) is 13.8 Å². The van der Waals surface area contributed by atoms with Crippen molar-refractivity contribution in [2.75, 3.05) is 0 Å². The van der Waals surface area contributed by atoms with Crippen LogP contribution >= 0.6 is 34.7 Å². The Morgan fingerprint density at radius 2 is 1.73 bits per heavy atom. The molecule has 0 aliphatic rings. The Hall–Kier alpha value is -2.93. The minimum Gasteiger partial charge on any atom is -0.270 e. The summed E-state index contributed by atoms with van der Waals surface area (Å²) in [5.41, 5.74) is 6.52. The first-order valence-corrected chi connectivity index (χ1v) is 12.7. The number of nitrogens with zero attached hydrogens (tertiary/aromatic N) is 4. The number of hydrogen-bond acceptors (Lipinski definition) is 5. The topological polar surface area (TPSA) is 43.6 Å². The number of thiazole rings is 1. The lowest BCUT2D eigenvalue weighted by Crippen LogP contribution is -2.02. The lowest BCUT2D eigenvalue weighted by molar-refractivity contribution is 0.878. The number of aryl methyl sites for hydroxylation is 2. The van der Waals surface area contributed by atoms with Crippen LogP contribution in [0.5, 0.6) is 0 Å². The van der Waals surface area contributed by atoms with Crippen LogP contribution in [0.1, 0.15) is 16.8 Å². The molecule has 3 aromatic carbocycles. The van der Waals surface area contributed by atoms with Crippen LogP contribution in [0.15, 0.2) is 83.3 Å². The summed E-state index contributed by atoms with van der Waals surface area (Å²) in [5.74, 6) is 1.49. The molecule has 0 radical (unpaired) electrons. The highest BCUT2D eigenvalue weighted by Gasteiger charge is 2.18. The summed E-state index contributed by atoms with van der Waals surface area (Å²) in [4.78, 5) is 4.83. The van der Waals surface area contributed by atoms with Crippen LogP contribution in [0.25, 0.3) is 27.6 Å². The van der Waals surface area contributed by atoms with Gasteiger partial charge in [0, 0.05) is 27.3 Å². The van der Waals surface area contributed by atoms with E-state index in [-0.39, 0.29) is 0 Å². The largest absolute Gasteiger partial charge is 0.270 e. The molecule has 5 aromatic rings. The Kier molecular flexibility index (Phi) is 6.31. The van der Waals surface area contributed by atoms with Crippen molar-refractivity contribution in [3.8, 4) is 27.6 Å². The van der Waals surface area contributed by atoms with Gasteiger partial charge in [0.05, 0.1) is 11.4 Å². The number of halogens is 1. The van der Waals surface area contributed by atoms with Crippen molar-refractivity contribution in [1.82, 2.24) is 19.7 Å². The number of thioether (sulfide) groups is 1. The lowest BCUT2D eigenvalue weighted by atomic mass is 10.1. The van der Waals surface area contributed by atoms with Crippen LogP contribution in [0.4, 0.5) is 0 Å². The number of rotatable bonds is 6. The predicted molar refractivity (Wildman–Crippen MR) is 138 cm³/mol. The van der Waals surface area contributed by atoms with E-state index < -0.39 is 0 Å². The normalized spacial score (nSPS) is 11.1. The number of benzene rings is 3. The van der Waals surface area contributed by atoms with Crippen LogP contribution in [-0.2, 0) is 5.75 Å². The Morgan fingerprint density at radius 3 is 2.55 bits per heavy atom. The summed E-state index contributed by atoms with van der Waals surface area (Å²) >= 11 is 9.58. The van der Waals surface area contributed by atoms with E-state index in [1.54, 1.807) is 23.1 Å². The molecule has 0 saturated carbocycles. The van der Waals surface area contributed by atoms with Crippen LogP contribution in [0.2, 0.25) is 5.02 Å². The van der Waals surface area contributed by atoms with Gasteiger partial charge < -0.3 is 0 Å². The molecule has 0 amide bonds. The maximum Gasteiger partial charge on any atom is 0.196 e. The summed E-state index contributed by atoms with van der Waals surface area (Å²) < 4.78 is 2.13. The van der Waals surface area contributed by atoms with Gasteiger partial charge in [-0.1, -0.05) is 78.0 Å². The zero-order valence-electron chi connectivity index (χ0n) is 18.2. The average molecular weight is 489 g/mol. The van der Waals surface area contributed by atoms with Crippen molar-refractivity contribution in [2.45, 2.75) is 24.8 Å². The molecular formula is C26H21ClN4S2. The number of aromatic nitrogens is 4. The Labute approximate surface area is 206 Å². The Morgan fingerprint density at radius 1 is 0.909 bits per heavy atom. The molecule has 0 spiro atoms. The summed E-state index contributed by atoms with van der Waals surface area (Å²) in [7, 11) is 0. The van der Waals surface area contributed by atoms with Crippen molar-refractivity contribution >= 4 is 34.7 Å². The van der Waals surface area contributed by atoms with E-state index in [1.165, 1.54) is 5.56 Å². The molecule has 2 aromatic heterocycles. The third-order valence-electron chi connectivity index (χ3n) is 5.24. The molecule has 7 heteroatoms. The van der Waals surface area contributed by atoms with Crippen LogP contribution in [0.3, 0.4) is 0 Å². The molecule has 0 saturated heterocycles. The van der Waals surface area contributed by atoms with Crippen molar-refractivity contribution in [1.29, 1.82) is 0 Å². The fourth-order valence-corrected chi connectivity index (χ4v) is 5.54. The molecule has 2 heterocycles. The maximum absolute atomic E-state index is 6.28. The minimum absolute atomic E-state index is 0.674. The highest BCUT2D eigenvalue weighted by Crippen LogP contribution is 2.33. The standard InChI is InChI=1S/C26H21ClN4S2/c1-17-11-12-18(2)23(13-17)31-24(20-9-6-10-21(27)14-20)29-30-26(31)33-16-22-15-32-25(28-22)19-7-4-3-5-8-19/h3-15H,16H2,1-2H3. The second kappa shape index (κ2) is 9.51. The summed E-state index contributed by atoms with van der Waals surface area (Å²) in [6.07, 6.45) is 0. The molecule has 0 aliphatic carbocycles. The molecular weight excluding hydrogens is 468 g/mol. The van der Waals surface area contributed by atoms with E-state index >= 15 is 0 Å². The van der Waals surface area contributed by atoms with E-state index in [4.69, 9.17) is 16.6 Å². The van der Waals surface area contributed by atoms with Crippen molar-refractivity contribution in [3.63, 3.8) is 0 Å². The Bertz CT molecular complexity index is 1410. The third-order valence-corrected chi connectivity index (χ3v) is 7.38. The van der Waals surface area contributed by atoms with Gasteiger partial charge in [-0.15, -0.1) is 21.5 Å². The number of hydrogen-bond donors (Lipinski definition) is 0. The molecule has 0 fully saturated rings. The highest BCUT2D eigenvalue weighted by molar-refractivity contribution is 7.98. The molecule has 4 nitrogen and oxygen atoms in total. The van der Waals surface area contributed by atoms with Gasteiger partial charge in [0.2, 0.25) is 0 Å². The first kappa shape index (κ1) is 21.9. The molecule has 0 N–H and O–H groups in total. The lowest BCUT2D eigenvalue weighted by Gasteiger charge is -2.14. The SMILES string of the molecule is Cc1ccc(C)c(-n2c(SCc3csc(-c4ccccc4)n3)nnc2-c2cccc(Cl)c2)c1. The second-order valence-electron chi connectivity index (χ2n) is 7.74. The van der Waals surface area contributed by atoms with Gasteiger partial charge in [0.15, 0.2) is 11.0 Å². The second-order valence-corrected chi connectivity index (χ2v) is 9.98. The van der Waals surface area contributed by atoms with Gasteiger partial charge in [-0.3, -0.25) is 4.57 Å². The zero-order chi connectivity index (χ0) is 22.8. The van der Waals surface area contributed by atoms with Crippen LogP contribution < -0.4 is 0 Å². The molecule has 0 atom stereocenters. The minimum atomic E-state index is 0.674. The van der Waals surface area contributed by atoms with Crippen molar-refractivity contribution < 1.29 is 0 Å². The maximum atomic E-state index is 6.28. The van der Waals surface area contributed by atoms with Crippen LogP contribution in [-0.4, -0.2) is 19.7 Å². The van der Waals surface area contributed by atoms with E-state index in [0.717, 1.165) is 44.1 Å². The molecule has 0 aliphatic heterocycles. The average Bonchev–Trinajstić information content (AvgIpc) is 3.47. The van der Waals surface area contributed by atoms with E-state index in [2.05, 4.69) is 64.3 Å². The van der Waals surface area contributed by atoms with Gasteiger partial charge in [0.1, 0.15) is 5.01 Å². The zero-order valence-corrected chi connectivity index (χ0v) is 20.6. The molecule has 5 rings (SSSR count). The fraction of sp³-hybridized carbons (Fsp3) is 0.115. The van der Waals surface area contributed by atoms with Gasteiger partial charge in [-0.25, -0.2) is 4.98 Å². The monoisotopic (exact) mass is 488 g/mol. The summed E-state index contributed by atoms with van der Waals surface area (Å²) in [5, 5.41) is 13.8.